The topological polar surface area (TPSA) is 48.9 Å². The molecule has 0 atom stereocenters. The molecule has 14 heavy (non-hydrogen) atoms. The van der Waals surface area contributed by atoms with E-state index in [2.05, 4.69) is 25.9 Å². The SMILES string of the molecule is OCCCc1nc2c(Br)cccc2[nH]1. The van der Waals surface area contributed by atoms with Crippen LogP contribution in [0.25, 0.3) is 11.0 Å². The Morgan fingerprint density at radius 3 is 3.00 bits per heavy atom. The minimum Gasteiger partial charge on any atom is -0.396 e. The number of benzene rings is 1. The number of nitrogens with one attached hydrogen (secondary N) is 1. The minimum atomic E-state index is 0.207. The Hall–Kier alpha value is -0.870. The molecule has 4 heteroatoms. The number of H-pyrrole nitrogens is 1. The van der Waals surface area contributed by atoms with Gasteiger partial charge < -0.3 is 10.1 Å². The summed E-state index contributed by atoms with van der Waals surface area (Å²) in [6.45, 7) is 0.207. The highest BCUT2D eigenvalue weighted by Crippen LogP contribution is 2.21. The molecule has 0 aliphatic carbocycles. The second kappa shape index (κ2) is 4.11. The fourth-order valence-electron chi connectivity index (χ4n) is 1.41. The summed E-state index contributed by atoms with van der Waals surface area (Å²) in [6, 6.07) is 5.94. The number of aliphatic hydroxyl groups excluding tert-OH is 1. The quantitative estimate of drug-likeness (QED) is 0.883. The summed E-state index contributed by atoms with van der Waals surface area (Å²) in [6.07, 6.45) is 1.54. The maximum absolute atomic E-state index is 8.71. The van der Waals surface area contributed by atoms with Gasteiger partial charge in [0.25, 0.3) is 0 Å². The number of nitrogens with zero attached hydrogens (tertiary/aromatic N) is 1. The van der Waals surface area contributed by atoms with E-state index in [9.17, 15) is 0 Å². The van der Waals surface area contributed by atoms with Crippen LogP contribution in [0, 0.1) is 0 Å². The van der Waals surface area contributed by atoms with E-state index in [0.717, 1.165) is 34.2 Å². The molecular formula is C10H11BrN2O. The van der Waals surface area contributed by atoms with Gasteiger partial charge in [0.05, 0.1) is 5.52 Å². The van der Waals surface area contributed by atoms with Crippen LogP contribution in [-0.4, -0.2) is 21.7 Å². The molecule has 1 heterocycles. The second-order valence-electron chi connectivity index (χ2n) is 3.15. The lowest BCUT2D eigenvalue weighted by atomic mass is 10.3. The van der Waals surface area contributed by atoms with Gasteiger partial charge in [-0.05, 0) is 34.5 Å². The van der Waals surface area contributed by atoms with Crippen LogP contribution in [0.5, 0.6) is 0 Å². The summed E-state index contributed by atoms with van der Waals surface area (Å²) in [5.74, 6) is 0.931. The molecule has 1 aromatic heterocycles. The molecule has 0 aliphatic rings. The van der Waals surface area contributed by atoms with Crippen molar-refractivity contribution >= 4 is 27.0 Å². The van der Waals surface area contributed by atoms with Crippen LogP contribution in [0.15, 0.2) is 22.7 Å². The zero-order valence-electron chi connectivity index (χ0n) is 7.63. The summed E-state index contributed by atoms with van der Waals surface area (Å²) >= 11 is 3.45. The average molecular weight is 255 g/mol. The van der Waals surface area contributed by atoms with Crippen molar-refractivity contribution in [3.8, 4) is 0 Å². The van der Waals surface area contributed by atoms with Crippen LogP contribution in [0.4, 0.5) is 0 Å². The van der Waals surface area contributed by atoms with Crippen LogP contribution in [0.3, 0.4) is 0 Å². The molecule has 3 nitrogen and oxygen atoms in total. The molecule has 0 fully saturated rings. The van der Waals surface area contributed by atoms with Gasteiger partial charge in [-0.2, -0.15) is 0 Å². The number of aryl methyl sites for hydroxylation is 1. The third-order valence-corrected chi connectivity index (χ3v) is 2.72. The summed E-state index contributed by atoms with van der Waals surface area (Å²) < 4.78 is 1.00. The zero-order valence-corrected chi connectivity index (χ0v) is 9.21. The first kappa shape index (κ1) is 9.68. The van der Waals surface area contributed by atoms with Gasteiger partial charge in [0, 0.05) is 17.5 Å². The van der Waals surface area contributed by atoms with Crippen molar-refractivity contribution in [2.24, 2.45) is 0 Å². The lowest BCUT2D eigenvalue weighted by Crippen LogP contribution is -1.90. The Balaban J connectivity index is 2.36. The Kier molecular flexibility index (Phi) is 2.84. The first-order valence-corrected chi connectivity index (χ1v) is 5.34. The Morgan fingerprint density at radius 1 is 1.43 bits per heavy atom. The molecular weight excluding hydrogens is 244 g/mol. The largest absolute Gasteiger partial charge is 0.396 e. The molecule has 0 unspecified atom stereocenters. The maximum Gasteiger partial charge on any atom is 0.107 e. The molecule has 1 aromatic carbocycles. The first-order valence-electron chi connectivity index (χ1n) is 4.55. The summed E-state index contributed by atoms with van der Waals surface area (Å²) in [5.41, 5.74) is 1.99. The number of rotatable bonds is 3. The van der Waals surface area contributed by atoms with Crippen LogP contribution in [0.1, 0.15) is 12.2 Å². The molecule has 74 valence electrons. The molecule has 0 saturated carbocycles. The van der Waals surface area contributed by atoms with E-state index in [4.69, 9.17) is 5.11 Å². The number of aliphatic hydroxyl groups is 1. The Bertz CT molecular complexity index is 439. The van der Waals surface area contributed by atoms with Gasteiger partial charge in [-0.25, -0.2) is 4.98 Å². The molecule has 0 aliphatic heterocycles. The van der Waals surface area contributed by atoms with E-state index >= 15 is 0 Å². The van der Waals surface area contributed by atoms with Crippen molar-refractivity contribution in [3.05, 3.63) is 28.5 Å². The van der Waals surface area contributed by atoms with Gasteiger partial charge in [-0.15, -0.1) is 0 Å². The predicted molar refractivity (Wildman–Crippen MR) is 59.2 cm³/mol. The van der Waals surface area contributed by atoms with Crippen molar-refractivity contribution in [2.75, 3.05) is 6.61 Å². The summed E-state index contributed by atoms with van der Waals surface area (Å²) in [7, 11) is 0. The maximum atomic E-state index is 8.71. The third-order valence-electron chi connectivity index (χ3n) is 2.08. The fraction of sp³-hybridized carbons (Fsp3) is 0.300. The molecule has 0 bridgehead atoms. The monoisotopic (exact) mass is 254 g/mol. The highest BCUT2D eigenvalue weighted by atomic mass is 79.9. The second-order valence-corrected chi connectivity index (χ2v) is 4.00. The van der Waals surface area contributed by atoms with Crippen LogP contribution in [-0.2, 0) is 6.42 Å². The number of aromatic amines is 1. The molecule has 2 rings (SSSR count). The number of para-hydroxylation sites is 1. The number of halogens is 1. The molecule has 0 spiro atoms. The average Bonchev–Trinajstić information content (AvgIpc) is 2.59. The van der Waals surface area contributed by atoms with Crippen molar-refractivity contribution in [1.82, 2.24) is 9.97 Å². The van der Waals surface area contributed by atoms with E-state index in [1.165, 1.54) is 0 Å². The number of aromatic nitrogens is 2. The van der Waals surface area contributed by atoms with Gasteiger partial charge in [-0.3, -0.25) is 0 Å². The molecule has 0 amide bonds. The van der Waals surface area contributed by atoms with Crippen molar-refractivity contribution in [2.45, 2.75) is 12.8 Å². The Morgan fingerprint density at radius 2 is 2.29 bits per heavy atom. The van der Waals surface area contributed by atoms with E-state index in [1.54, 1.807) is 0 Å². The van der Waals surface area contributed by atoms with Crippen molar-refractivity contribution in [3.63, 3.8) is 0 Å². The van der Waals surface area contributed by atoms with Gasteiger partial charge in [0.2, 0.25) is 0 Å². The molecule has 0 saturated heterocycles. The van der Waals surface area contributed by atoms with Crippen LogP contribution >= 0.6 is 15.9 Å². The van der Waals surface area contributed by atoms with E-state index in [0.29, 0.717) is 0 Å². The van der Waals surface area contributed by atoms with Crippen LogP contribution in [0.2, 0.25) is 0 Å². The van der Waals surface area contributed by atoms with Gasteiger partial charge in [0.1, 0.15) is 11.3 Å². The van der Waals surface area contributed by atoms with Crippen LogP contribution < -0.4 is 0 Å². The third kappa shape index (κ3) is 1.81. The smallest absolute Gasteiger partial charge is 0.107 e. The lowest BCUT2D eigenvalue weighted by Gasteiger charge is -1.90. The predicted octanol–water partition coefficient (Wildman–Crippen LogP) is 2.25. The van der Waals surface area contributed by atoms with Gasteiger partial charge >= 0.3 is 0 Å². The van der Waals surface area contributed by atoms with Crippen molar-refractivity contribution in [1.29, 1.82) is 0 Å². The molecule has 2 N–H and O–H groups in total. The molecule has 0 radical (unpaired) electrons. The first-order chi connectivity index (χ1) is 6.81. The van der Waals surface area contributed by atoms with E-state index in [-0.39, 0.29) is 6.61 Å². The highest BCUT2D eigenvalue weighted by Gasteiger charge is 2.04. The fourth-order valence-corrected chi connectivity index (χ4v) is 1.87. The van der Waals surface area contributed by atoms with Gasteiger partial charge in [0.15, 0.2) is 0 Å². The molecule has 2 aromatic rings. The van der Waals surface area contributed by atoms with E-state index in [1.807, 2.05) is 18.2 Å². The minimum absolute atomic E-state index is 0.207. The standard InChI is InChI=1S/C10H11BrN2O/c11-7-3-1-4-8-10(7)13-9(12-8)5-2-6-14/h1,3-4,14H,2,5-6H2,(H,12,13). The number of imidazole rings is 1. The number of hydrogen-bond donors (Lipinski definition) is 2. The Labute approximate surface area is 90.3 Å². The van der Waals surface area contributed by atoms with E-state index < -0.39 is 0 Å². The highest BCUT2D eigenvalue weighted by molar-refractivity contribution is 9.10. The number of hydrogen-bond acceptors (Lipinski definition) is 2. The zero-order chi connectivity index (χ0) is 9.97. The van der Waals surface area contributed by atoms with Gasteiger partial charge in [-0.1, -0.05) is 6.07 Å². The van der Waals surface area contributed by atoms with Crippen molar-refractivity contribution < 1.29 is 5.11 Å². The summed E-state index contributed by atoms with van der Waals surface area (Å²) in [5, 5.41) is 8.71. The normalized spacial score (nSPS) is 11.0. The number of fused-ring (bicyclic) bond motifs is 1. The lowest BCUT2D eigenvalue weighted by molar-refractivity contribution is 0.287. The summed E-state index contributed by atoms with van der Waals surface area (Å²) in [4.78, 5) is 7.66.